The van der Waals surface area contributed by atoms with Crippen molar-refractivity contribution in [3.8, 4) is 11.3 Å². The summed E-state index contributed by atoms with van der Waals surface area (Å²) in [5, 5.41) is 1.50. The lowest BCUT2D eigenvalue weighted by atomic mass is 10.2. The number of thioether (sulfide) groups is 1. The van der Waals surface area contributed by atoms with Crippen LogP contribution in [0.25, 0.3) is 17.4 Å². The lowest BCUT2D eigenvalue weighted by Gasteiger charge is -2.28. The van der Waals surface area contributed by atoms with E-state index < -0.39 is 0 Å². The van der Waals surface area contributed by atoms with Gasteiger partial charge >= 0.3 is 0 Å². The van der Waals surface area contributed by atoms with E-state index in [9.17, 15) is 4.79 Å². The molecule has 0 radical (unpaired) electrons. The number of aliphatic imine (C=N–C) groups is 1. The van der Waals surface area contributed by atoms with Crippen molar-refractivity contribution in [2.45, 2.75) is 0 Å². The summed E-state index contributed by atoms with van der Waals surface area (Å²) in [6, 6.07) is 17.0. The first-order chi connectivity index (χ1) is 16.5. The molecule has 2 aliphatic heterocycles. The SMILES string of the molecule is CN1C(=O)/C(=C\c2ccc(-c3cccc(Cl)c3Cl)o2)SC1=Nc1ccc(N2CCOCC2)cc1. The van der Waals surface area contributed by atoms with Gasteiger partial charge in [0.1, 0.15) is 11.5 Å². The van der Waals surface area contributed by atoms with E-state index in [1.807, 2.05) is 42.5 Å². The molecule has 174 valence electrons. The van der Waals surface area contributed by atoms with Crippen LogP contribution in [0.4, 0.5) is 11.4 Å². The minimum absolute atomic E-state index is 0.132. The molecule has 2 fully saturated rings. The van der Waals surface area contributed by atoms with Crippen molar-refractivity contribution in [2.24, 2.45) is 4.99 Å². The molecule has 2 aliphatic rings. The predicted octanol–water partition coefficient (Wildman–Crippen LogP) is 6.32. The van der Waals surface area contributed by atoms with E-state index in [2.05, 4.69) is 9.89 Å². The highest BCUT2D eigenvalue weighted by molar-refractivity contribution is 8.18. The normalized spacial score (nSPS) is 19.0. The number of nitrogens with zero attached hydrogens (tertiary/aromatic N) is 3. The molecule has 6 nitrogen and oxygen atoms in total. The van der Waals surface area contributed by atoms with Crippen molar-refractivity contribution in [2.75, 3.05) is 38.3 Å². The molecular weight excluding hydrogens is 493 g/mol. The standard InChI is InChI=1S/C25H21Cl2N3O3S/c1-29-24(31)22(15-18-9-10-21(33-18)19-3-2-4-20(26)23(19)27)34-25(29)28-16-5-7-17(8-6-16)30-11-13-32-14-12-30/h2-10,15H,11-14H2,1H3/b22-15+,28-25?. The van der Waals surface area contributed by atoms with E-state index in [1.165, 1.54) is 11.8 Å². The first kappa shape index (κ1) is 23.1. The molecule has 3 heterocycles. The molecule has 34 heavy (non-hydrogen) atoms. The second-order valence-electron chi connectivity index (χ2n) is 7.79. The summed E-state index contributed by atoms with van der Waals surface area (Å²) in [5.74, 6) is 0.997. The quantitative estimate of drug-likeness (QED) is 0.381. The zero-order valence-electron chi connectivity index (χ0n) is 18.3. The van der Waals surface area contributed by atoms with Crippen LogP contribution in [-0.4, -0.2) is 49.3 Å². The fourth-order valence-corrected chi connectivity index (χ4v) is 5.08. The van der Waals surface area contributed by atoms with Crippen LogP contribution in [0.1, 0.15) is 5.76 Å². The molecule has 0 bridgehead atoms. The van der Waals surface area contributed by atoms with E-state index in [1.54, 1.807) is 30.2 Å². The number of likely N-dealkylation sites (N-methyl/N-ethyl adjacent to an activating group) is 1. The number of carbonyl (C=O) groups is 1. The number of benzene rings is 2. The molecule has 0 aliphatic carbocycles. The highest BCUT2D eigenvalue weighted by Gasteiger charge is 2.30. The predicted molar refractivity (Wildman–Crippen MR) is 139 cm³/mol. The van der Waals surface area contributed by atoms with Gasteiger partial charge in [0, 0.05) is 37.5 Å². The topological polar surface area (TPSA) is 58.3 Å². The molecule has 3 aromatic rings. The average molecular weight is 514 g/mol. The van der Waals surface area contributed by atoms with E-state index in [-0.39, 0.29) is 5.91 Å². The van der Waals surface area contributed by atoms with Gasteiger partial charge in [0.25, 0.3) is 5.91 Å². The number of halogens is 2. The summed E-state index contributed by atoms with van der Waals surface area (Å²) in [6.07, 6.45) is 1.72. The number of amidine groups is 1. The van der Waals surface area contributed by atoms with Gasteiger partial charge in [0.15, 0.2) is 5.17 Å². The van der Waals surface area contributed by atoms with Gasteiger partial charge in [0.2, 0.25) is 0 Å². The van der Waals surface area contributed by atoms with Crippen LogP contribution in [0.2, 0.25) is 10.0 Å². The zero-order chi connectivity index (χ0) is 23.7. The molecule has 5 rings (SSSR count). The molecule has 1 amide bonds. The molecule has 9 heteroatoms. The highest BCUT2D eigenvalue weighted by atomic mass is 35.5. The molecular formula is C25H21Cl2N3O3S. The van der Waals surface area contributed by atoms with Crippen molar-refractivity contribution in [1.82, 2.24) is 4.90 Å². The Bertz CT molecular complexity index is 1280. The molecule has 2 aromatic carbocycles. The number of hydrogen-bond acceptors (Lipinski definition) is 6. The number of carbonyl (C=O) groups excluding carboxylic acids is 1. The molecule has 0 N–H and O–H groups in total. The second-order valence-corrected chi connectivity index (χ2v) is 9.58. The van der Waals surface area contributed by atoms with Crippen LogP contribution in [0.3, 0.4) is 0 Å². The van der Waals surface area contributed by atoms with Crippen LogP contribution in [0.15, 0.2) is 68.9 Å². The molecule has 0 spiro atoms. The summed E-state index contributed by atoms with van der Waals surface area (Å²) in [5.41, 5.74) is 2.63. The van der Waals surface area contributed by atoms with Crippen molar-refractivity contribution in [3.63, 3.8) is 0 Å². The Labute approximate surface area is 211 Å². The maximum Gasteiger partial charge on any atom is 0.266 e. The number of rotatable bonds is 4. The number of anilines is 1. The van der Waals surface area contributed by atoms with Gasteiger partial charge in [-0.3, -0.25) is 9.69 Å². The fraction of sp³-hybridized carbons (Fsp3) is 0.200. The molecule has 0 unspecified atom stereocenters. The van der Waals surface area contributed by atoms with E-state index in [0.29, 0.717) is 37.2 Å². The molecule has 2 saturated heterocycles. The van der Waals surface area contributed by atoms with Gasteiger partial charge in [-0.25, -0.2) is 4.99 Å². The Kier molecular flexibility index (Phi) is 6.70. The Morgan fingerprint density at radius 3 is 2.56 bits per heavy atom. The maximum absolute atomic E-state index is 12.8. The minimum atomic E-state index is -0.132. The van der Waals surface area contributed by atoms with Gasteiger partial charge in [-0.15, -0.1) is 0 Å². The molecule has 0 atom stereocenters. The monoisotopic (exact) mass is 513 g/mol. The van der Waals surface area contributed by atoms with Crippen molar-refractivity contribution in [3.05, 3.63) is 75.3 Å². The summed E-state index contributed by atoms with van der Waals surface area (Å²) in [4.78, 5) is 21.8. The number of amides is 1. The Balaban J connectivity index is 1.33. The van der Waals surface area contributed by atoms with Crippen LogP contribution < -0.4 is 4.90 Å². The summed E-state index contributed by atoms with van der Waals surface area (Å²) in [6.45, 7) is 3.25. The number of hydrogen-bond donors (Lipinski definition) is 0. The van der Waals surface area contributed by atoms with Gasteiger partial charge < -0.3 is 14.1 Å². The van der Waals surface area contributed by atoms with Gasteiger partial charge in [-0.2, -0.15) is 0 Å². The van der Waals surface area contributed by atoms with E-state index in [4.69, 9.17) is 32.4 Å². The Hall–Kier alpha value is -2.71. The number of ether oxygens (including phenoxy) is 1. The first-order valence-electron chi connectivity index (χ1n) is 10.7. The molecule has 0 saturated carbocycles. The Morgan fingerprint density at radius 1 is 1.03 bits per heavy atom. The van der Waals surface area contributed by atoms with Crippen LogP contribution in [0.5, 0.6) is 0 Å². The lowest BCUT2D eigenvalue weighted by molar-refractivity contribution is -0.121. The van der Waals surface area contributed by atoms with Gasteiger partial charge in [-0.05, 0) is 60.3 Å². The third kappa shape index (κ3) is 4.74. The van der Waals surface area contributed by atoms with E-state index >= 15 is 0 Å². The number of furan rings is 1. The second kappa shape index (κ2) is 9.88. The van der Waals surface area contributed by atoms with E-state index in [0.717, 1.165) is 37.7 Å². The third-order valence-corrected chi connectivity index (χ3v) is 7.45. The fourth-order valence-electron chi connectivity index (χ4n) is 3.72. The largest absolute Gasteiger partial charge is 0.457 e. The summed E-state index contributed by atoms with van der Waals surface area (Å²) in [7, 11) is 1.72. The van der Waals surface area contributed by atoms with Crippen molar-refractivity contribution < 1.29 is 13.9 Å². The smallest absolute Gasteiger partial charge is 0.266 e. The number of morpholine rings is 1. The van der Waals surface area contributed by atoms with Crippen molar-refractivity contribution >= 4 is 63.5 Å². The minimum Gasteiger partial charge on any atom is -0.457 e. The average Bonchev–Trinajstić information content (AvgIpc) is 3.42. The van der Waals surface area contributed by atoms with Crippen molar-refractivity contribution in [1.29, 1.82) is 0 Å². The lowest BCUT2D eigenvalue weighted by Crippen LogP contribution is -2.36. The van der Waals surface area contributed by atoms with Gasteiger partial charge in [-0.1, -0.05) is 29.3 Å². The summed E-state index contributed by atoms with van der Waals surface area (Å²) < 4.78 is 11.3. The zero-order valence-corrected chi connectivity index (χ0v) is 20.7. The molecule has 1 aromatic heterocycles. The highest BCUT2D eigenvalue weighted by Crippen LogP contribution is 2.37. The third-order valence-electron chi connectivity index (χ3n) is 5.57. The van der Waals surface area contributed by atoms with Gasteiger partial charge in [0.05, 0.1) is 33.9 Å². The van der Waals surface area contributed by atoms with Crippen LogP contribution in [-0.2, 0) is 9.53 Å². The van der Waals surface area contributed by atoms with Crippen LogP contribution >= 0.6 is 35.0 Å². The first-order valence-corrected chi connectivity index (χ1v) is 12.3. The van der Waals surface area contributed by atoms with Crippen LogP contribution in [0, 0.1) is 0 Å². The maximum atomic E-state index is 12.8. The Morgan fingerprint density at radius 2 is 1.79 bits per heavy atom. The summed E-state index contributed by atoms with van der Waals surface area (Å²) >= 11 is 13.7.